The van der Waals surface area contributed by atoms with Crippen molar-refractivity contribution in [2.24, 2.45) is 7.05 Å². The molecule has 3 aromatic rings. The Kier molecular flexibility index (Phi) is 4.62. The maximum atomic E-state index is 12.2. The van der Waals surface area contributed by atoms with Gasteiger partial charge in [0.05, 0.1) is 11.9 Å². The first-order chi connectivity index (χ1) is 12.6. The average Bonchev–Trinajstić information content (AvgIpc) is 3.22. The Labute approximate surface area is 155 Å². The molecule has 0 bridgehead atoms. The summed E-state index contributed by atoms with van der Waals surface area (Å²) < 4.78 is 3.22. The highest BCUT2D eigenvalue weighted by molar-refractivity contribution is 7.20. The molecule has 1 aliphatic rings. The molecule has 1 atom stereocenters. The van der Waals surface area contributed by atoms with E-state index < -0.39 is 0 Å². The topological polar surface area (TPSA) is 80.4 Å². The van der Waals surface area contributed by atoms with Gasteiger partial charge in [0.1, 0.15) is 0 Å². The van der Waals surface area contributed by atoms with Gasteiger partial charge in [-0.25, -0.2) is 4.98 Å². The summed E-state index contributed by atoms with van der Waals surface area (Å²) in [5.41, 5.74) is 1.88. The maximum Gasteiger partial charge on any atom is 0.275 e. The Morgan fingerprint density at radius 1 is 1.42 bits per heavy atom. The second-order valence-electron chi connectivity index (χ2n) is 6.74. The van der Waals surface area contributed by atoms with Gasteiger partial charge in [-0.2, -0.15) is 9.61 Å². The van der Waals surface area contributed by atoms with Crippen molar-refractivity contribution in [2.45, 2.75) is 38.6 Å². The summed E-state index contributed by atoms with van der Waals surface area (Å²) in [6, 6.07) is 1.88. The summed E-state index contributed by atoms with van der Waals surface area (Å²) >= 11 is 1.44. The highest BCUT2D eigenvalue weighted by atomic mass is 32.1. The zero-order valence-electron chi connectivity index (χ0n) is 15.1. The predicted octanol–water partition coefficient (Wildman–Crippen LogP) is 1.92. The van der Waals surface area contributed by atoms with Crippen LogP contribution in [0.4, 0.5) is 10.8 Å². The number of nitrogens with one attached hydrogen (secondary N) is 1. The summed E-state index contributed by atoms with van der Waals surface area (Å²) in [6.07, 6.45) is 7.91. The van der Waals surface area contributed by atoms with Crippen LogP contribution in [0.2, 0.25) is 0 Å². The van der Waals surface area contributed by atoms with Crippen LogP contribution in [0.15, 0.2) is 23.3 Å². The van der Waals surface area contributed by atoms with E-state index in [-0.39, 0.29) is 11.6 Å². The molecule has 8 nitrogen and oxygen atoms in total. The van der Waals surface area contributed by atoms with E-state index in [1.807, 2.05) is 24.1 Å². The molecule has 0 saturated carbocycles. The first kappa shape index (κ1) is 17.0. The molecule has 0 spiro atoms. The summed E-state index contributed by atoms with van der Waals surface area (Å²) in [7, 11) is 1.93. The van der Waals surface area contributed by atoms with Gasteiger partial charge in [-0.05, 0) is 19.3 Å². The number of nitrogens with zero attached hydrogens (tertiary/aromatic N) is 6. The molecule has 4 heterocycles. The Morgan fingerprint density at radius 2 is 2.31 bits per heavy atom. The van der Waals surface area contributed by atoms with Crippen LogP contribution in [-0.2, 0) is 13.5 Å². The normalized spacial score (nSPS) is 17.8. The minimum absolute atomic E-state index is 0.108. The SMILES string of the molecule is CCCc1cc(=O)n2nc(NC3CCCN(c4cnn(C)c4)C3)sc2n1. The van der Waals surface area contributed by atoms with Gasteiger partial charge in [-0.1, -0.05) is 24.7 Å². The van der Waals surface area contributed by atoms with Gasteiger partial charge < -0.3 is 10.2 Å². The Morgan fingerprint density at radius 3 is 3.08 bits per heavy atom. The van der Waals surface area contributed by atoms with Crippen molar-refractivity contribution in [3.8, 4) is 0 Å². The monoisotopic (exact) mass is 373 g/mol. The zero-order valence-corrected chi connectivity index (χ0v) is 15.9. The van der Waals surface area contributed by atoms with E-state index in [9.17, 15) is 4.79 Å². The van der Waals surface area contributed by atoms with Gasteiger partial charge in [-0.3, -0.25) is 9.48 Å². The lowest BCUT2D eigenvalue weighted by Crippen LogP contribution is -2.42. The predicted molar refractivity (Wildman–Crippen MR) is 103 cm³/mol. The van der Waals surface area contributed by atoms with Gasteiger partial charge >= 0.3 is 0 Å². The van der Waals surface area contributed by atoms with Gasteiger partial charge in [0.25, 0.3) is 5.56 Å². The van der Waals surface area contributed by atoms with Crippen LogP contribution >= 0.6 is 11.3 Å². The number of aromatic nitrogens is 5. The van der Waals surface area contributed by atoms with Crippen LogP contribution in [0.25, 0.3) is 4.96 Å². The van der Waals surface area contributed by atoms with Crippen molar-refractivity contribution in [2.75, 3.05) is 23.3 Å². The number of anilines is 2. The number of piperidine rings is 1. The van der Waals surface area contributed by atoms with Crippen molar-refractivity contribution in [1.29, 1.82) is 0 Å². The Bertz CT molecular complexity index is 960. The number of aryl methyl sites for hydroxylation is 2. The lowest BCUT2D eigenvalue weighted by molar-refractivity contribution is 0.529. The Hall–Kier alpha value is -2.42. The van der Waals surface area contributed by atoms with E-state index in [1.54, 1.807) is 6.07 Å². The van der Waals surface area contributed by atoms with Crippen LogP contribution in [0.1, 0.15) is 31.9 Å². The van der Waals surface area contributed by atoms with Crippen molar-refractivity contribution < 1.29 is 0 Å². The van der Waals surface area contributed by atoms with Crippen molar-refractivity contribution in [3.63, 3.8) is 0 Å². The molecule has 3 aromatic heterocycles. The highest BCUT2D eigenvalue weighted by Crippen LogP contribution is 2.23. The molecule has 26 heavy (non-hydrogen) atoms. The van der Waals surface area contributed by atoms with Crippen molar-refractivity contribution >= 4 is 27.1 Å². The number of rotatable bonds is 5. The summed E-state index contributed by atoms with van der Waals surface area (Å²) in [5.74, 6) is 0. The molecule has 0 radical (unpaired) electrons. The minimum atomic E-state index is -0.108. The third-order valence-electron chi connectivity index (χ3n) is 4.61. The van der Waals surface area contributed by atoms with Crippen LogP contribution in [0.5, 0.6) is 0 Å². The lowest BCUT2D eigenvalue weighted by atomic mass is 10.1. The summed E-state index contributed by atoms with van der Waals surface area (Å²) in [6.45, 7) is 4.01. The first-order valence-corrected chi connectivity index (χ1v) is 9.84. The summed E-state index contributed by atoms with van der Waals surface area (Å²) in [5, 5.41) is 12.9. The number of fused-ring (bicyclic) bond motifs is 1. The molecule has 0 aromatic carbocycles. The van der Waals surface area contributed by atoms with Crippen LogP contribution in [0, 0.1) is 0 Å². The number of hydrogen-bond acceptors (Lipinski definition) is 7. The van der Waals surface area contributed by atoms with Crippen molar-refractivity contribution in [1.82, 2.24) is 24.4 Å². The standard InChI is InChI=1S/C17H23N7OS/c1-3-5-12-8-15(25)24-17(20-12)26-16(21-24)19-13-6-4-7-23(10-13)14-9-18-22(2)11-14/h8-9,11,13H,3-7,10H2,1-2H3,(H,19,21). The molecule has 1 unspecified atom stereocenters. The van der Waals surface area contributed by atoms with E-state index in [1.165, 1.54) is 15.9 Å². The average molecular weight is 373 g/mol. The van der Waals surface area contributed by atoms with Crippen molar-refractivity contribution in [3.05, 3.63) is 34.5 Å². The molecule has 1 saturated heterocycles. The third kappa shape index (κ3) is 3.44. The molecular weight excluding hydrogens is 350 g/mol. The molecule has 4 rings (SSSR count). The van der Waals surface area contributed by atoms with E-state index in [2.05, 4.69) is 32.3 Å². The van der Waals surface area contributed by atoms with E-state index in [0.29, 0.717) is 4.96 Å². The molecule has 1 fully saturated rings. The molecule has 9 heteroatoms. The number of hydrogen-bond donors (Lipinski definition) is 1. The van der Waals surface area contributed by atoms with Crippen LogP contribution in [-0.4, -0.2) is 43.5 Å². The first-order valence-electron chi connectivity index (χ1n) is 9.02. The zero-order chi connectivity index (χ0) is 18.1. The fourth-order valence-corrected chi connectivity index (χ4v) is 4.28. The van der Waals surface area contributed by atoms with Gasteiger partial charge in [-0.15, -0.1) is 5.10 Å². The molecule has 0 aliphatic carbocycles. The Balaban J connectivity index is 1.51. The van der Waals surface area contributed by atoms with E-state index in [0.717, 1.165) is 55.3 Å². The molecule has 1 aliphatic heterocycles. The van der Waals surface area contributed by atoms with E-state index >= 15 is 0 Å². The minimum Gasteiger partial charge on any atom is -0.367 e. The molecule has 138 valence electrons. The fraction of sp³-hybridized carbons (Fsp3) is 0.529. The maximum absolute atomic E-state index is 12.2. The smallest absolute Gasteiger partial charge is 0.275 e. The van der Waals surface area contributed by atoms with Crippen LogP contribution < -0.4 is 15.8 Å². The fourth-order valence-electron chi connectivity index (χ4n) is 3.37. The molecule has 0 amide bonds. The van der Waals surface area contributed by atoms with Gasteiger partial charge in [0, 0.05) is 44.1 Å². The molecular formula is C17H23N7OS. The highest BCUT2D eigenvalue weighted by Gasteiger charge is 2.22. The quantitative estimate of drug-likeness (QED) is 0.736. The largest absolute Gasteiger partial charge is 0.367 e. The molecule has 1 N–H and O–H groups in total. The second kappa shape index (κ2) is 7.06. The van der Waals surface area contributed by atoms with E-state index in [4.69, 9.17) is 0 Å². The summed E-state index contributed by atoms with van der Waals surface area (Å²) in [4.78, 5) is 19.8. The van der Waals surface area contributed by atoms with Crippen LogP contribution in [0.3, 0.4) is 0 Å². The lowest BCUT2D eigenvalue weighted by Gasteiger charge is -2.33. The van der Waals surface area contributed by atoms with Gasteiger partial charge in [0.15, 0.2) is 0 Å². The van der Waals surface area contributed by atoms with Gasteiger partial charge in [0.2, 0.25) is 10.1 Å². The second-order valence-corrected chi connectivity index (χ2v) is 7.69. The third-order valence-corrected chi connectivity index (χ3v) is 5.45.